The standard InChI is InChI=1S/C41H55NO4/c1-7-41(23-13-14-24-41)37-18-12-11-15-32(37)21-22-35(43)26-33-20-19-30(2)25-36(33)38(44)42(27-31-28-45-40(5,6)46-29-31)39(3,4)34-16-9-8-10-17-34/h8-12,15-20,25,31,35,43H,7,13-14,21-24,26-29H2,1-6H3. The van der Waals surface area contributed by atoms with Crippen molar-refractivity contribution in [1.29, 1.82) is 0 Å². The van der Waals surface area contributed by atoms with E-state index in [9.17, 15) is 9.90 Å². The Bertz CT molecular complexity index is 1450. The molecule has 1 saturated heterocycles. The number of benzene rings is 3. The Balaban J connectivity index is 1.37. The summed E-state index contributed by atoms with van der Waals surface area (Å²) in [5.41, 5.74) is 6.19. The third-order valence-electron chi connectivity index (χ3n) is 10.7. The molecule has 1 atom stereocenters. The molecule has 1 unspecified atom stereocenters. The average molecular weight is 626 g/mol. The molecule has 0 radical (unpaired) electrons. The van der Waals surface area contributed by atoms with E-state index >= 15 is 0 Å². The van der Waals surface area contributed by atoms with E-state index in [4.69, 9.17) is 9.47 Å². The molecule has 1 N–H and O–H groups in total. The molecule has 0 aromatic heterocycles. The Hall–Kier alpha value is -2.99. The molecule has 1 saturated carbocycles. The maximum atomic E-state index is 14.7. The van der Waals surface area contributed by atoms with Crippen molar-refractivity contribution in [3.05, 3.63) is 106 Å². The van der Waals surface area contributed by atoms with Crippen molar-refractivity contribution < 1.29 is 19.4 Å². The molecular formula is C41H55NO4. The van der Waals surface area contributed by atoms with E-state index < -0.39 is 17.4 Å². The molecule has 0 bridgehead atoms. The monoisotopic (exact) mass is 625 g/mol. The highest BCUT2D eigenvalue weighted by molar-refractivity contribution is 5.96. The van der Waals surface area contributed by atoms with Gasteiger partial charge in [-0.2, -0.15) is 0 Å². The molecular weight excluding hydrogens is 570 g/mol. The first-order chi connectivity index (χ1) is 21.9. The van der Waals surface area contributed by atoms with Crippen LogP contribution in [0, 0.1) is 12.8 Å². The average Bonchev–Trinajstić information content (AvgIpc) is 3.55. The maximum absolute atomic E-state index is 14.7. The summed E-state index contributed by atoms with van der Waals surface area (Å²) >= 11 is 0. The minimum absolute atomic E-state index is 0.0268. The number of aryl methyl sites for hydroxylation is 2. The number of aliphatic hydroxyl groups excluding tert-OH is 1. The number of amides is 1. The highest BCUT2D eigenvalue weighted by Crippen LogP contribution is 2.45. The molecule has 5 rings (SSSR count). The maximum Gasteiger partial charge on any atom is 0.254 e. The third-order valence-corrected chi connectivity index (χ3v) is 10.7. The second-order valence-corrected chi connectivity index (χ2v) is 14.8. The molecule has 5 heteroatoms. The van der Waals surface area contributed by atoms with Crippen molar-refractivity contribution in [2.24, 2.45) is 5.92 Å². The van der Waals surface area contributed by atoms with E-state index in [1.807, 2.05) is 56.0 Å². The van der Waals surface area contributed by atoms with Crippen molar-refractivity contribution >= 4 is 5.91 Å². The Morgan fingerprint density at radius 3 is 2.28 bits per heavy atom. The van der Waals surface area contributed by atoms with Crippen LogP contribution in [0.2, 0.25) is 0 Å². The molecule has 1 heterocycles. The summed E-state index contributed by atoms with van der Waals surface area (Å²) in [4.78, 5) is 16.7. The molecule has 1 aliphatic heterocycles. The molecule has 0 spiro atoms. The van der Waals surface area contributed by atoms with Crippen molar-refractivity contribution in [2.75, 3.05) is 19.8 Å². The van der Waals surface area contributed by atoms with Gasteiger partial charge in [-0.15, -0.1) is 0 Å². The number of ether oxygens (including phenoxy) is 2. The summed E-state index contributed by atoms with van der Waals surface area (Å²) in [6.45, 7) is 14.0. The van der Waals surface area contributed by atoms with Crippen LogP contribution in [-0.4, -0.2) is 47.6 Å². The zero-order chi connectivity index (χ0) is 33.0. The van der Waals surface area contributed by atoms with Gasteiger partial charge in [0.25, 0.3) is 5.91 Å². The Morgan fingerprint density at radius 1 is 0.957 bits per heavy atom. The van der Waals surface area contributed by atoms with Gasteiger partial charge < -0.3 is 19.5 Å². The van der Waals surface area contributed by atoms with Crippen LogP contribution in [0.25, 0.3) is 0 Å². The number of nitrogens with zero attached hydrogens (tertiary/aromatic N) is 1. The Labute approximate surface area is 277 Å². The smallest absolute Gasteiger partial charge is 0.254 e. The lowest BCUT2D eigenvalue weighted by Gasteiger charge is -2.43. The van der Waals surface area contributed by atoms with Gasteiger partial charge in [-0.1, -0.05) is 92.1 Å². The number of aliphatic hydroxyl groups is 1. The molecule has 1 aliphatic carbocycles. The molecule has 46 heavy (non-hydrogen) atoms. The molecule has 2 fully saturated rings. The van der Waals surface area contributed by atoms with Gasteiger partial charge in [0.1, 0.15) is 0 Å². The quantitative estimate of drug-likeness (QED) is 0.219. The van der Waals surface area contributed by atoms with Crippen LogP contribution in [0.3, 0.4) is 0 Å². The largest absolute Gasteiger partial charge is 0.393 e. The van der Waals surface area contributed by atoms with Gasteiger partial charge in [-0.3, -0.25) is 4.79 Å². The first-order valence-electron chi connectivity index (χ1n) is 17.5. The number of carbonyl (C=O) groups is 1. The fraction of sp³-hybridized carbons (Fsp3) is 0.537. The zero-order valence-corrected chi connectivity index (χ0v) is 29.0. The number of carbonyl (C=O) groups excluding carboxylic acids is 1. The predicted octanol–water partition coefficient (Wildman–Crippen LogP) is 8.53. The van der Waals surface area contributed by atoms with Crippen LogP contribution in [-0.2, 0) is 33.3 Å². The van der Waals surface area contributed by atoms with Crippen molar-refractivity contribution in [1.82, 2.24) is 4.90 Å². The van der Waals surface area contributed by atoms with Crippen LogP contribution in [0.1, 0.15) is 111 Å². The van der Waals surface area contributed by atoms with Gasteiger partial charge in [-0.25, -0.2) is 0 Å². The molecule has 5 nitrogen and oxygen atoms in total. The summed E-state index contributed by atoms with van der Waals surface area (Å²) in [6.07, 6.45) is 7.64. The van der Waals surface area contributed by atoms with Gasteiger partial charge in [0.05, 0.1) is 24.9 Å². The van der Waals surface area contributed by atoms with Gasteiger partial charge in [0, 0.05) is 18.0 Å². The van der Waals surface area contributed by atoms with Gasteiger partial charge >= 0.3 is 0 Å². The van der Waals surface area contributed by atoms with Gasteiger partial charge in [0.2, 0.25) is 0 Å². The minimum atomic E-state index is -0.616. The Kier molecular flexibility index (Phi) is 10.8. The minimum Gasteiger partial charge on any atom is -0.393 e. The number of hydrogen-bond donors (Lipinski definition) is 1. The van der Waals surface area contributed by atoms with Crippen molar-refractivity contribution in [3.63, 3.8) is 0 Å². The van der Waals surface area contributed by atoms with E-state index in [-0.39, 0.29) is 17.2 Å². The first-order valence-corrected chi connectivity index (χ1v) is 17.5. The van der Waals surface area contributed by atoms with E-state index in [0.29, 0.717) is 38.2 Å². The van der Waals surface area contributed by atoms with E-state index in [0.717, 1.165) is 29.5 Å². The lowest BCUT2D eigenvalue weighted by Crippen LogP contribution is -2.51. The van der Waals surface area contributed by atoms with Gasteiger partial charge in [0.15, 0.2) is 5.79 Å². The summed E-state index contributed by atoms with van der Waals surface area (Å²) in [6, 6.07) is 25.2. The molecule has 2 aliphatic rings. The van der Waals surface area contributed by atoms with E-state index in [1.54, 1.807) is 0 Å². The fourth-order valence-corrected chi connectivity index (χ4v) is 7.67. The fourth-order valence-electron chi connectivity index (χ4n) is 7.67. The molecule has 3 aromatic carbocycles. The SMILES string of the molecule is CCC1(c2ccccc2CCC(O)Cc2ccc(C)cc2C(=O)N(CC2COC(C)(C)OC2)C(C)(C)c2ccccc2)CCCC1. The summed E-state index contributed by atoms with van der Waals surface area (Å²) in [5.74, 6) is -0.597. The molecule has 1 amide bonds. The third kappa shape index (κ3) is 7.75. The van der Waals surface area contributed by atoms with Crippen LogP contribution in [0.4, 0.5) is 0 Å². The highest BCUT2D eigenvalue weighted by Gasteiger charge is 2.38. The van der Waals surface area contributed by atoms with Crippen molar-refractivity contribution in [3.8, 4) is 0 Å². The Morgan fingerprint density at radius 2 is 1.61 bits per heavy atom. The topological polar surface area (TPSA) is 59.0 Å². The lowest BCUT2D eigenvalue weighted by molar-refractivity contribution is -0.263. The molecule has 248 valence electrons. The van der Waals surface area contributed by atoms with Crippen LogP contribution < -0.4 is 0 Å². The summed E-state index contributed by atoms with van der Waals surface area (Å²) < 4.78 is 12.0. The summed E-state index contributed by atoms with van der Waals surface area (Å²) in [7, 11) is 0. The number of hydrogen-bond acceptors (Lipinski definition) is 4. The first kappa shape index (κ1) is 34.3. The molecule has 3 aromatic rings. The van der Waals surface area contributed by atoms with E-state index in [2.05, 4.69) is 63.2 Å². The highest BCUT2D eigenvalue weighted by atomic mass is 16.7. The lowest BCUT2D eigenvalue weighted by atomic mass is 9.74. The van der Waals surface area contributed by atoms with Crippen LogP contribution >= 0.6 is 0 Å². The van der Waals surface area contributed by atoms with Crippen LogP contribution in [0.15, 0.2) is 72.8 Å². The second kappa shape index (κ2) is 14.4. The normalized spacial score (nSPS) is 18.8. The predicted molar refractivity (Wildman–Crippen MR) is 186 cm³/mol. The van der Waals surface area contributed by atoms with E-state index in [1.165, 1.54) is 36.8 Å². The van der Waals surface area contributed by atoms with Crippen molar-refractivity contribution in [2.45, 2.75) is 116 Å². The van der Waals surface area contributed by atoms with Crippen LogP contribution in [0.5, 0.6) is 0 Å². The summed E-state index contributed by atoms with van der Waals surface area (Å²) in [5, 5.41) is 11.4. The zero-order valence-electron chi connectivity index (χ0n) is 29.0. The van der Waals surface area contributed by atoms with Gasteiger partial charge in [-0.05, 0) is 107 Å². The second-order valence-electron chi connectivity index (χ2n) is 14.8. The number of rotatable bonds is 12.